The minimum atomic E-state index is -4.54. The minimum absolute atomic E-state index is 0.0210. The van der Waals surface area contributed by atoms with Gasteiger partial charge in [-0.1, -0.05) is 236 Å². The molecule has 0 aliphatic rings. The van der Waals surface area contributed by atoms with Gasteiger partial charge in [-0.3, -0.25) is 9.36 Å². The van der Waals surface area contributed by atoms with Crippen LogP contribution in [0.2, 0.25) is 0 Å². The van der Waals surface area contributed by atoms with Crippen LogP contribution in [0.4, 0.5) is 0 Å². The third-order valence-corrected chi connectivity index (χ3v) is 12.9. The fourth-order valence-corrected chi connectivity index (χ4v) is 8.45. The zero-order valence-electron chi connectivity index (χ0n) is 43.4. The van der Waals surface area contributed by atoms with Crippen LogP contribution in [0.5, 0.6) is 0 Å². The predicted molar refractivity (Wildman–Crippen MR) is 277 cm³/mol. The molecule has 0 N–H and O–H groups in total. The molecular formula is C56H106NO7P. The Hall–Kier alpha value is -1.54. The number of esters is 1. The zero-order chi connectivity index (χ0) is 47.6. The quantitative estimate of drug-likeness (QED) is 0.0197. The highest BCUT2D eigenvalue weighted by atomic mass is 31.2. The van der Waals surface area contributed by atoms with E-state index in [-0.39, 0.29) is 32.2 Å². The van der Waals surface area contributed by atoms with Crippen LogP contribution in [0.3, 0.4) is 0 Å². The fourth-order valence-electron chi connectivity index (χ4n) is 7.72. The Kier molecular flexibility index (Phi) is 47.7. The molecule has 0 bridgehead atoms. The summed E-state index contributed by atoms with van der Waals surface area (Å²) in [7, 11) is 1.34. The molecule has 0 rings (SSSR count). The van der Waals surface area contributed by atoms with E-state index in [0.29, 0.717) is 17.6 Å². The van der Waals surface area contributed by atoms with Crippen LogP contribution in [0.1, 0.15) is 245 Å². The maximum atomic E-state index is 12.7. The van der Waals surface area contributed by atoms with Gasteiger partial charge < -0.3 is 27.9 Å². The number of carbonyl (C=O) groups is 1. The Morgan fingerprint density at radius 2 is 0.892 bits per heavy atom. The minimum Gasteiger partial charge on any atom is -0.756 e. The van der Waals surface area contributed by atoms with Gasteiger partial charge in [-0.05, 0) is 51.4 Å². The molecule has 8 nitrogen and oxygen atoms in total. The Bertz CT molecular complexity index is 1180. The molecule has 2 atom stereocenters. The summed E-state index contributed by atoms with van der Waals surface area (Å²) >= 11 is 0. The van der Waals surface area contributed by atoms with Crippen LogP contribution in [0.15, 0.2) is 48.6 Å². The van der Waals surface area contributed by atoms with Crippen LogP contribution < -0.4 is 4.89 Å². The largest absolute Gasteiger partial charge is 0.756 e. The molecule has 0 aliphatic heterocycles. The zero-order valence-corrected chi connectivity index (χ0v) is 44.3. The molecule has 0 saturated heterocycles. The van der Waals surface area contributed by atoms with Crippen molar-refractivity contribution in [2.75, 3.05) is 54.1 Å². The maximum Gasteiger partial charge on any atom is 0.306 e. The Morgan fingerprint density at radius 3 is 1.34 bits per heavy atom. The summed E-state index contributed by atoms with van der Waals surface area (Å²) in [6.45, 7) is 5.30. The van der Waals surface area contributed by atoms with Crippen LogP contribution in [0.25, 0.3) is 0 Å². The normalized spacial score (nSPS) is 13.9. The first-order chi connectivity index (χ1) is 31.6. The highest BCUT2D eigenvalue weighted by Crippen LogP contribution is 2.38. The Morgan fingerprint density at radius 1 is 0.492 bits per heavy atom. The van der Waals surface area contributed by atoms with Crippen molar-refractivity contribution >= 4 is 13.8 Å². The molecule has 0 aromatic rings. The van der Waals surface area contributed by atoms with Crippen molar-refractivity contribution < 1.29 is 37.3 Å². The number of ether oxygens (including phenoxy) is 2. The number of carbonyl (C=O) groups excluding carboxylic acids is 1. The predicted octanol–water partition coefficient (Wildman–Crippen LogP) is 16.4. The lowest BCUT2D eigenvalue weighted by atomic mass is 10.0. The second-order valence-corrected chi connectivity index (χ2v) is 21.0. The molecular weight excluding hydrogens is 830 g/mol. The van der Waals surface area contributed by atoms with Crippen LogP contribution in [0, 0.1) is 0 Å². The average Bonchev–Trinajstić information content (AvgIpc) is 3.27. The van der Waals surface area contributed by atoms with E-state index in [1.165, 1.54) is 154 Å². The first kappa shape index (κ1) is 63.5. The number of quaternary nitrogens is 1. The molecule has 0 saturated carbocycles. The smallest absolute Gasteiger partial charge is 0.306 e. The number of phosphoric acid groups is 1. The molecule has 0 aromatic carbocycles. The average molecular weight is 936 g/mol. The van der Waals surface area contributed by atoms with Crippen LogP contribution in [-0.2, 0) is 27.9 Å². The maximum absolute atomic E-state index is 12.7. The van der Waals surface area contributed by atoms with Crippen molar-refractivity contribution in [2.45, 2.75) is 251 Å². The van der Waals surface area contributed by atoms with Gasteiger partial charge in [-0.2, -0.15) is 0 Å². The molecule has 0 fully saturated rings. The molecule has 2 unspecified atom stereocenters. The molecule has 0 radical (unpaired) electrons. The first-order valence-corrected chi connectivity index (χ1v) is 28.8. The standard InChI is InChI=1S/C56H106NO7P/c1-6-8-10-12-14-16-18-20-22-24-25-26-27-28-29-30-31-32-34-36-38-40-42-44-46-48-51-61-53-55(54-63-65(59,60)62-52-50-57(3,4)5)64-56(58)49-47-45-43-41-39-37-35-33-23-21-19-17-15-13-11-9-7-2/h9,11,15,17,21,23,35,37,55H,6-8,10,12-14,16,18-20,22,24-34,36,38-54H2,1-5H3/b11-9-,17-15-,23-21-,37-35-. The third kappa shape index (κ3) is 53.3. The van der Waals surface area contributed by atoms with Gasteiger partial charge in [0.1, 0.15) is 19.3 Å². The summed E-state index contributed by atoms with van der Waals surface area (Å²) < 4.78 is 34.8. The highest BCUT2D eigenvalue weighted by Gasteiger charge is 2.20. The van der Waals surface area contributed by atoms with E-state index in [1.54, 1.807) is 0 Å². The van der Waals surface area contributed by atoms with Gasteiger partial charge in [0.2, 0.25) is 0 Å². The van der Waals surface area contributed by atoms with Gasteiger partial charge in [-0.15, -0.1) is 0 Å². The fraction of sp³-hybridized carbons (Fsp3) is 0.839. The topological polar surface area (TPSA) is 94.1 Å². The first-order valence-electron chi connectivity index (χ1n) is 27.4. The summed E-state index contributed by atoms with van der Waals surface area (Å²) in [5.74, 6) is -0.354. The molecule has 65 heavy (non-hydrogen) atoms. The van der Waals surface area contributed by atoms with Crippen LogP contribution in [-0.4, -0.2) is 70.7 Å². The second kappa shape index (κ2) is 48.9. The number of allylic oxidation sites excluding steroid dienone is 8. The van der Waals surface area contributed by atoms with Gasteiger partial charge in [0.25, 0.3) is 7.82 Å². The molecule has 382 valence electrons. The summed E-state index contributed by atoms with van der Waals surface area (Å²) in [6.07, 6.45) is 61.6. The molecule has 0 heterocycles. The summed E-state index contributed by atoms with van der Waals surface area (Å²) in [5.41, 5.74) is 0. The van der Waals surface area contributed by atoms with E-state index in [1.807, 2.05) is 21.1 Å². The lowest BCUT2D eigenvalue weighted by Crippen LogP contribution is -2.37. The Labute approximate surface area is 403 Å². The number of unbranched alkanes of at least 4 members (excludes halogenated alkanes) is 29. The SMILES string of the molecule is CC/C=C\C/C=C\C/C=C\C/C=C\CCCCCCC(=O)OC(COCCCCCCCCCCCCCCCCCCCCCCCCCCCC)COP(=O)([O-])OCC[N+](C)(C)C. The van der Waals surface area contributed by atoms with E-state index >= 15 is 0 Å². The van der Waals surface area contributed by atoms with E-state index < -0.39 is 13.9 Å². The summed E-state index contributed by atoms with van der Waals surface area (Å²) in [6, 6.07) is 0. The highest BCUT2D eigenvalue weighted by molar-refractivity contribution is 7.45. The number of likely N-dealkylation sites (N-methyl/N-ethyl adjacent to an activating group) is 1. The molecule has 0 amide bonds. The van der Waals surface area contributed by atoms with Crippen molar-refractivity contribution in [1.29, 1.82) is 0 Å². The number of hydrogen-bond donors (Lipinski definition) is 0. The molecule has 0 aromatic heterocycles. The van der Waals surface area contributed by atoms with Crippen molar-refractivity contribution in [2.24, 2.45) is 0 Å². The molecule has 0 spiro atoms. The van der Waals surface area contributed by atoms with E-state index in [2.05, 4.69) is 62.5 Å². The van der Waals surface area contributed by atoms with Gasteiger partial charge >= 0.3 is 5.97 Å². The molecule has 9 heteroatoms. The van der Waals surface area contributed by atoms with E-state index in [0.717, 1.165) is 70.6 Å². The number of hydrogen-bond acceptors (Lipinski definition) is 7. The van der Waals surface area contributed by atoms with Crippen molar-refractivity contribution in [3.8, 4) is 0 Å². The monoisotopic (exact) mass is 936 g/mol. The number of rotatable bonds is 51. The lowest BCUT2D eigenvalue weighted by Gasteiger charge is -2.28. The third-order valence-electron chi connectivity index (χ3n) is 11.9. The summed E-state index contributed by atoms with van der Waals surface area (Å²) in [5, 5.41) is 0. The molecule has 0 aliphatic carbocycles. The van der Waals surface area contributed by atoms with Crippen molar-refractivity contribution in [1.82, 2.24) is 0 Å². The van der Waals surface area contributed by atoms with Gasteiger partial charge in [0, 0.05) is 13.0 Å². The Balaban J connectivity index is 4.06. The van der Waals surface area contributed by atoms with Gasteiger partial charge in [0.05, 0.1) is 34.4 Å². The van der Waals surface area contributed by atoms with Crippen LogP contribution >= 0.6 is 7.82 Å². The van der Waals surface area contributed by atoms with E-state index in [4.69, 9.17) is 18.5 Å². The van der Waals surface area contributed by atoms with Crippen molar-refractivity contribution in [3.05, 3.63) is 48.6 Å². The van der Waals surface area contributed by atoms with Crippen molar-refractivity contribution in [3.63, 3.8) is 0 Å². The summed E-state index contributed by atoms with van der Waals surface area (Å²) in [4.78, 5) is 25.2. The van der Waals surface area contributed by atoms with Gasteiger partial charge in [0.15, 0.2) is 0 Å². The van der Waals surface area contributed by atoms with Gasteiger partial charge in [-0.25, -0.2) is 0 Å². The lowest BCUT2D eigenvalue weighted by molar-refractivity contribution is -0.870. The second-order valence-electron chi connectivity index (χ2n) is 19.6. The number of nitrogens with zero attached hydrogens (tertiary/aromatic N) is 1. The van der Waals surface area contributed by atoms with E-state index in [9.17, 15) is 14.3 Å². The number of phosphoric ester groups is 1.